The number of carbonyl (C=O) groups excluding carboxylic acids is 2. The maximum Gasteiger partial charge on any atom is 0.325 e. The lowest BCUT2D eigenvalue weighted by Gasteiger charge is -2.32. The van der Waals surface area contributed by atoms with Crippen LogP contribution in [0.5, 0.6) is 0 Å². The van der Waals surface area contributed by atoms with E-state index >= 15 is 0 Å². The fourth-order valence-corrected chi connectivity index (χ4v) is 2.22. The highest BCUT2D eigenvalue weighted by molar-refractivity contribution is 5.80. The Morgan fingerprint density at radius 1 is 1.26 bits per heavy atom. The zero-order valence-corrected chi connectivity index (χ0v) is 11.9. The molecule has 0 aromatic heterocycles. The van der Waals surface area contributed by atoms with Gasteiger partial charge in [0.05, 0.1) is 6.61 Å². The average Bonchev–Trinajstić information content (AvgIpc) is 2.39. The van der Waals surface area contributed by atoms with Crippen molar-refractivity contribution in [3.05, 3.63) is 0 Å². The van der Waals surface area contributed by atoms with Crippen LogP contribution in [0.1, 0.15) is 33.1 Å². The largest absolute Gasteiger partial charge is 0.465 e. The van der Waals surface area contributed by atoms with Gasteiger partial charge in [-0.05, 0) is 32.7 Å². The first-order valence-corrected chi connectivity index (χ1v) is 7.08. The Morgan fingerprint density at radius 3 is 2.53 bits per heavy atom. The van der Waals surface area contributed by atoms with E-state index in [2.05, 4.69) is 22.5 Å². The highest BCUT2D eigenvalue weighted by Crippen LogP contribution is 2.10. The zero-order chi connectivity index (χ0) is 14.1. The Labute approximate surface area is 114 Å². The van der Waals surface area contributed by atoms with Gasteiger partial charge in [-0.2, -0.15) is 0 Å². The number of nitrogens with one attached hydrogen (secondary N) is 2. The third-order valence-electron chi connectivity index (χ3n) is 3.16. The van der Waals surface area contributed by atoms with Crippen LogP contribution < -0.4 is 10.6 Å². The minimum absolute atomic E-state index is 0.0750. The van der Waals surface area contributed by atoms with Crippen molar-refractivity contribution >= 4 is 12.0 Å². The number of esters is 1. The molecule has 0 aliphatic carbocycles. The van der Waals surface area contributed by atoms with Gasteiger partial charge in [0, 0.05) is 19.1 Å². The van der Waals surface area contributed by atoms with Gasteiger partial charge in [0.15, 0.2) is 0 Å². The molecule has 0 atom stereocenters. The van der Waals surface area contributed by atoms with Crippen molar-refractivity contribution in [3.8, 4) is 0 Å². The van der Waals surface area contributed by atoms with E-state index in [1.807, 2.05) is 0 Å². The van der Waals surface area contributed by atoms with Crippen LogP contribution >= 0.6 is 0 Å². The van der Waals surface area contributed by atoms with Crippen molar-refractivity contribution in [3.63, 3.8) is 0 Å². The lowest BCUT2D eigenvalue weighted by atomic mass is 10.1. The lowest BCUT2D eigenvalue weighted by molar-refractivity contribution is -0.141. The van der Waals surface area contributed by atoms with E-state index in [-0.39, 0.29) is 18.6 Å². The summed E-state index contributed by atoms with van der Waals surface area (Å²) in [6.45, 7) is 7.34. The summed E-state index contributed by atoms with van der Waals surface area (Å²) in [5, 5.41) is 5.41. The van der Waals surface area contributed by atoms with E-state index in [0.717, 1.165) is 38.9 Å². The molecule has 2 amide bonds. The van der Waals surface area contributed by atoms with Crippen LogP contribution in [0.2, 0.25) is 0 Å². The fraction of sp³-hybridized carbons (Fsp3) is 0.846. The molecule has 6 heteroatoms. The minimum Gasteiger partial charge on any atom is -0.465 e. The third-order valence-corrected chi connectivity index (χ3v) is 3.16. The second kappa shape index (κ2) is 8.74. The summed E-state index contributed by atoms with van der Waals surface area (Å²) >= 11 is 0. The number of piperidine rings is 1. The molecule has 0 spiro atoms. The Bertz CT molecular complexity index is 289. The molecule has 0 radical (unpaired) electrons. The van der Waals surface area contributed by atoms with E-state index in [1.165, 1.54) is 0 Å². The number of amides is 2. The molecule has 1 aliphatic heterocycles. The molecule has 6 nitrogen and oxygen atoms in total. The molecule has 19 heavy (non-hydrogen) atoms. The SMILES string of the molecule is CCCN1CCC(NC(=O)NCC(=O)OCC)CC1. The molecule has 0 unspecified atom stereocenters. The molecule has 1 aliphatic rings. The number of urea groups is 1. The third kappa shape index (κ3) is 6.42. The summed E-state index contributed by atoms with van der Waals surface area (Å²) in [6.07, 6.45) is 3.10. The first-order chi connectivity index (χ1) is 9.15. The van der Waals surface area contributed by atoms with Crippen molar-refractivity contribution in [1.82, 2.24) is 15.5 Å². The van der Waals surface area contributed by atoms with Gasteiger partial charge in [-0.1, -0.05) is 6.92 Å². The topological polar surface area (TPSA) is 70.7 Å². The summed E-state index contributed by atoms with van der Waals surface area (Å²) in [6, 6.07) is -0.0858. The monoisotopic (exact) mass is 271 g/mol. The molecule has 0 saturated carbocycles. The predicted molar refractivity (Wildman–Crippen MR) is 72.9 cm³/mol. The average molecular weight is 271 g/mol. The van der Waals surface area contributed by atoms with Crippen molar-refractivity contribution in [1.29, 1.82) is 0 Å². The molecule has 1 fully saturated rings. The summed E-state index contributed by atoms with van der Waals surface area (Å²) in [5.74, 6) is -0.407. The quantitative estimate of drug-likeness (QED) is 0.698. The van der Waals surface area contributed by atoms with Crippen LogP contribution in [0.3, 0.4) is 0 Å². The molecule has 0 aromatic rings. The first-order valence-electron chi connectivity index (χ1n) is 7.08. The normalized spacial score (nSPS) is 16.9. The maximum atomic E-state index is 11.6. The van der Waals surface area contributed by atoms with E-state index in [4.69, 9.17) is 4.74 Å². The van der Waals surface area contributed by atoms with Crippen LogP contribution in [0, 0.1) is 0 Å². The Hall–Kier alpha value is -1.30. The van der Waals surface area contributed by atoms with Crippen LogP contribution in [-0.4, -0.2) is 55.7 Å². The molecular weight excluding hydrogens is 246 g/mol. The second-order valence-corrected chi connectivity index (χ2v) is 4.75. The predicted octanol–water partition coefficient (Wildman–Crippen LogP) is 0.723. The van der Waals surface area contributed by atoms with Gasteiger partial charge in [-0.3, -0.25) is 4.79 Å². The summed E-state index contributed by atoms with van der Waals surface area (Å²) < 4.78 is 4.74. The molecule has 110 valence electrons. The van der Waals surface area contributed by atoms with Crippen molar-refractivity contribution < 1.29 is 14.3 Å². The van der Waals surface area contributed by atoms with Crippen molar-refractivity contribution in [2.45, 2.75) is 39.2 Å². The van der Waals surface area contributed by atoms with Crippen LogP contribution in [0.15, 0.2) is 0 Å². The van der Waals surface area contributed by atoms with E-state index in [1.54, 1.807) is 6.92 Å². The molecule has 0 aromatic carbocycles. The van der Waals surface area contributed by atoms with Gasteiger partial charge in [-0.15, -0.1) is 0 Å². The van der Waals surface area contributed by atoms with Crippen LogP contribution in [-0.2, 0) is 9.53 Å². The highest BCUT2D eigenvalue weighted by atomic mass is 16.5. The summed E-state index contributed by atoms with van der Waals surface area (Å²) in [4.78, 5) is 25.1. The first kappa shape index (κ1) is 15.8. The van der Waals surface area contributed by atoms with Crippen LogP contribution in [0.25, 0.3) is 0 Å². The molecular formula is C13H25N3O3. The second-order valence-electron chi connectivity index (χ2n) is 4.75. The smallest absolute Gasteiger partial charge is 0.325 e. The van der Waals surface area contributed by atoms with E-state index in [0.29, 0.717) is 6.61 Å². The molecule has 0 bridgehead atoms. The Morgan fingerprint density at radius 2 is 1.95 bits per heavy atom. The molecule has 2 N–H and O–H groups in total. The number of ether oxygens (including phenoxy) is 1. The number of hydrogen-bond donors (Lipinski definition) is 2. The van der Waals surface area contributed by atoms with Gasteiger partial charge in [0.25, 0.3) is 0 Å². The number of hydrogen-bond acceptors (Lipinski definition) is 4. The van der Waals surface area contributed by atoms with Gasteiger partial charge >= 0.3 is 12.0 Å². The Kier molecular flexibility index (Phi) is 7.25. The van der Waals surface area contributed by atoms with Crippen molar-refractivity contribution in [2.75, 3.05) is 32.8 Å². The number of likely N-dealkylation sites (tertiary alicyclic amines) is 1. The van der Waals surface area contributed by atoms with Gasteiger partial charge in [0.1, 0.15) is 6.54 Å². The van der Waals surface area contributed by atoms with Crippen molar-refractivity contribution in [2.24, 2.45) is 0 Å². The summed E-state index contributed by atoms with van der Waals surface area (Å²) in [7, 11) is 0. The maximum absolute atomic E-state index is 11.6. The fourth-order valence-electron chi connectivity index (χ4n) is 2.22. The van der Waals surface area contributed by atoms with Gasteiger partial charge in [0.2, 0.25) is 0 Å². The lowest BCUT2D eigenvalue weighted by Crippen LogP contribution is -2.48. The minimum atomic E-state index is -0.407. The summed E-state index contributed by atoms with van der Waals surface area (Å²) in [5.41, 5.74) is 0. The Balaban J connectivity index is 2.14. The molecule has 1 heterocycles. The van der Waals surface area contributed by atoms with E-state index in [9.17, 15) is 9.59 Å². The van der Waals surface area contributed by atoms with Gasteiger partial charge in [-0.25, -0.2) is 4.79 Å². The number of carbonyl (C=O) groups is 2. The zero-order valence-electron chi connectivity index (χ0n) is 11.9. The molecule has 1 saturated heterocycles. The standard InChI is InChI=1S/C13H25N3O3/c1-3-7-16-8-5-11(6-9-16)15-13(18)14-10-12(17)19-4-2/h11H,3-10H2,1-2H3,(H2,14,15,18). The number of nitrogens with zero attached hydrogens (tertiary/aromatic N) is 1. The highest BCUT2D eigenvalue weighted by Gasteiger charge is 2.20. The number of rotatable bonds is 6. The molecule has 1 rings (SSSR count). The van der Waals surface area contributed by atoms with Gasteiger partial charge < -0.3 is 20.3 Å². The van der Waals surface area contributed by atoms with Crippen LogP contribution in [0.4, 0.5) is 4.79 Å². The van der Waals surface area contributed by atoms with E-state index < -0.39 is 5.97 Å².